The molecule has 1 aromatic rings. The molecule has 0 bridgehead atoms. The number of hydrogen-bond acceptors (Lipinski definition) is 4. The van der Waals surface area contributed by atoms with Gasteiger partial charge in [-0.15, -0.1) is 0 Å². The van der Waals surface area contributed by atoms with E-state index in [-0.39, 0.29) is 18.6 Å². The summed E-state index contributed by atoms with van der Waals surface area (Å²) in [5.74, 6) is 0.287. The van der Waals surface area contributed by atoms with Gasteiger partial charge in [0.1, 0.15) is 6.10 Å². The predicted octanol–water partition coefficient (Wildman–Crippen LogP) is 1.86. The molecule has 0 fully saturated rings. The van der Waals surface area contributed by atoms with Gasteiger partial charge in [0.25, 0.3) is 0 Å². The Morgan fingerprint density at radius 3 is 2.47 bits per heavy atom. The molecule has 4 heteroatoms. The number of aliphatic hydroxyl groups excluding tert-OH is 1. The van der Waals surface area contributed by atoms with Crippen LogP contribution in [-0.2, 0) is 20.8 Å². The summed E-state index contributed by atoms with van der Waals surface area (Å²) < 4.78 is 16.1. The first-order valence-electron chi connectivity index (χ1n) is 6.59. The average molecular weight is 268 g/mol. The minimum Gasteiger partial charge on any atom is -0.394 e. The van der Waals surface area contributed by atoms with E-state index in [1.807, 2.05) is 30.3 Å². The van der Waals surface area contributed by atoms with E-state index in [1.165, 1.54) is 5.56 Å². The van der Waals surface area contributed by atoms with Crippen molar-refractivity contribution in [1.29, 1.82) is 0 Å². The number of rotatable bonds is 10. The zero-order chi connectivity index (χ0) is 13.9. The Labute approximate surface area is 115 Å². The van der Waals surface area contributed by atoms with Crippen LogP contribution in [0.2, 0.25) is 0 Å². The first-order chi connectivity index (χ1) is 9.26. The molecule has 0 aliphatic rings. The number of methoxy groups -OCH3 is 1. The molecule has 19 heavy (non-hydrogen) atoms. The van der Waals surface area contributed by atoms with Crippen LogP contribution in [0.25, 0.3) is 0 Å². The largest absolute Gasteiger partial charge is 0.394 e. The van der Waals surface area contributed by atoms with Crippen molar-refractivity contribution in [2.24, 2.45) is 5.92 Å². The molecule has 0 amide bonds. The van der Waals surface area contributed by atoms with E-state index in [0.29, 0.717) is 26.4 Å². The van der Waals surface area contributed by atoms with Crippen LogP contribution in [-0.4, -0.2) is 44.7 Å². The van der Waals surface area contributed by atoms with Gasteiger partial charge in [-0.3, -0.25) is 0 Å². The van der Waals surface area contributed by atoms with Crippen molar-refractivity contribution in [2.45, 2.75) is 19.6 Å². The maximum absolute atomic E-state index is 9.06. The number of benzene rings is 1. The van der Waals surface area contributed by atoms with Gasteiger partial charge in [-0.05, 0) is 5.56 Å². The highest BCUT2D eigenvalue weighted by Gasteiger charge is 2.10. The summed E-state index contributed by atoms with van der Waals surface area (Å²) >= 11 is 0. The van der Waals surface area contributed by atoms with E-state index in [0.717, 1.165) is 0 Å². The smallest absolute Gasteiger partial charge is 0.104 e. The van der Waals surface area contributed by atoms with Crippen LogP contribution in [0, 0.1) is 5.92 Å². The highest BCUT2D eigenvalue weighted by atomic mass is 16.5. The molecule has 0 radical (unpaired) electrons. The summed E-state index contributed by atoms with van der Waals surface area (Å²) in [5.41, 5.74) is 1.17. The highest BCUT2D eigenvalue weighted by molar-refractivity contribution is 5.13. The first-order valence-corrected chi connectivity index (χ1v) is 6.59. The van der Waals surface area contributed by atoms with Crippen LogP contribution >= 0.6 is 0 Å². The van der Waals surface area contributed by atoms with Crippen LogP contribution < -0.4 is 0 Å². The van der Waals surface area contributed by atoms with E-state index in [2.05, 4.69) is 6.92 Å². The average Bonchev–Trinajstić information content (AvgIpc) is 2.44. The Morgan fingerprint density at radius 1 is 1.11 bits per heavy atom. The Bertz CT molecular complexity index is 315. The Hall–Kier alpha value is -0.940. The molecule has 0 saturated heterocycles. The molecule has 0 aliphatic heterocycles. The summed E-state index contributed by atoms with van der Waals surface area (Å²) in [5, 5.41) is 9.06. The van der Waals surface area contributed by atoms with Gasteiger partial charge < -0.3 is 19.3 Å². The van der Waals surface area contributed by atoms with Gasteiger partial charge in [-0.1, -0.05) is 37.3 Å². The van der Waals surface area contributed by atoms with Crippen molar-refractivity contribution in [1.82, 2.24) is 0 Å². The molecule has 0 saturated carbocycles. The van der Waals surface area contributed by atoms with Gasteiger partial charge in [-0.2, -0.15) is 0 Å². The third-order valence-electron chi connectivity index (χ3n) is 2.69. The Balaban J connectivity index is 2.12. The summed E-state index contributed by atoms with van der Waals surface area (Å²) in [6.07, 6.45) is -0.249. The molecule has 0 heterocycles. The fourth-order valence-electron chi connectivity index (χ4n) is 1.64. The van der Waals surface area contributed by atoms with Crippen molar-refractivity contribution in [2.75, 3.05) is 33.5 Å². The summed E-state index contributed by atoms with van der Waals surface area (Å²) in [6, 6.07) is 10.1. The lowest BCUT2D eigenvalue weighted by Gasteiger charge is -2.18. The van der Waals surface area contributed by atoms with Crippen LogP contribution in [0.5, 0.6) is 0 Å². The second kappa shape index (κ2) is 9.92. The maximum Gasteiger partial charge on any atom is 0.104 e. The van der Waals surface area contributed by atoms with E-state index < -0.39 is 0 Å². The zero-order valence-corrected chi connectivity index (χ0v) is 11.7. The van der Waals surface area contributed by atoms with E-state index in [1.54, 1.807) is 7.11 Å². The third kappa shape index (κ3) is 7.28. The zero-order valence-electron chi connectivity index (χ0n) is 11.7. The first kappa shape index (κ1) is 16.1. The molecule has 2 atom stereocenters. The normalized spacial score (nSPS) is 14.3. The second-order valence-electron chi connectivity index (χ2n) is 4.70. The predicted molar refractivity (Wildman–Crippen MR) is 74.0 cm³/mol. The van der Waals surface area contributed by atoms with Gasteiger partial charge in [0.2, 0.25) is 0 Å². The number of ether oxygens (including phenoxy) is 3. The van der Waals surface area contributed by atoms with Gasteiger partial charge in [0.15, 0.2) is 0 Å². The van der Waals surface area contributed by atoms with Crippen LogP contribution in [0.15, 0.2) is 30.3 Å². The van der Waals surface area contributed by atoms with E-state index in [4.69, 9.17) is 19.3 Å². The minimum atomic E-state index is -0.249. The van der Waals surface area contributed by atoms with Crippen molar-refractivity contribution >= 4 is 0 Å². The molecular formula is C15H24O4. The quantitative estimate of drug-likeness (QED) is 0.703. The van der Waals surface area contributed by atoms with Crippen molar-refractivity contribution in [3.05, 3.63) is 35.9 Å². The van der Waals surface area contributed by atoms with Crippen LogP contribution in [0.4, 0.5) is 0 Å². The summed E-state index contributed by atoms with van der Waals surface area (Å²) in [6.45, 7) is 4.27. The highest BCUT2D eigenvalue weighted by Crippen LogP contribution is 2.05. The maximum atomic E-state index is 9.06. The van der Waals surface area contributed by atoms with Gasteiger partial charge in [0.05, 0.1) is 33.0 Å². The van der Waals surface area contributed by atoms with Gasteiger partial charge >= 0.3 is 0 Å². The topological polar surface area (TPSA) is 47.9 Å². The second-order valence-corrected chi connectivity index (χ2v) is 4.70. The van der Waals surface area contributed by atoms with Crippen LogP contribution in [0.1, 0.15) is 12.5 Å². The lowest BCUT2D eigenvalue weighted by Crippen LogP contribution is -2.26. The van der Waals surface area contributed by atoms with E-state index in [9.17, 15) is 0 Å². The molecule has 108 valence electrons. The molecule has 0 aromatic heterocycles. The SMILES string of the molecule is COCC(CO)OCC(C)COCc1ccccc1. The molecule has 1 N–H and O–H groups in total. The Kier molecular flexibility index (Phi) is 8.41. The molecule has 4 nitrogen and oxygen atoms in total. The lowest BCUT2D eigenvalue weighted by atomic mass is 10.2. The molecule has 2 unspecified atom stereocenters. The van der Waals surface area contributed by atoms with E-state index >= 15 is 0 Å². The number of hydrogen-bond donors (Lipinski definition) is 1. The van der Waals surface area contributed by atoms with Crippen molar-refractivity contribution < 1.29 is 19.3 Å². The standard InChI is InChI=1S/C15H24O4/c1-13(10-19-15(8-16)12-17-2)9-18-11-14-6-4-3-5-7-14/h3-7,13,15-16H,8-12H2,1-2H3. The van der Waals surface area contributed by atoms with Gasteiger partial charge in [0, 0.05) is 13.0 Å². The molecular weight excluding hydrogens is 244 g/mol. The Morgan fingerprint density at radius 2 is 1.84 bits per heavy atom. The minimum absolute atomic E-state index is 0.0224. The number of aliphatic hydroxyl groups is 1. The van der Waals surface area contributed by atoms with Crippen molar-refractivity contribution in [3.63, 3.8) is 0 Å². The summed E-state index contributed by atoms with van der Waals surface area (Å²) in [7, 11) is 1.60. The monoisotopic (exact) mass is 268 g/mol. The third-order valence-corrected chi connectivity index (χ3v) is 2.69. The fourth-order valence-corrected chi connectivity index (χ4v) is 1.64. The van der Waals surface area contributed by atoms with Gasteiger partial charge in [-0.25, -0.2) is 0 Å². The molecule has 0 spiro atoms. The van der Waals surface area contributed by atoms with Crippen molar-refractivity contribution in [3.8, 4) is 0 Å². The lowest BCUT2D eigenvalue weighted by molar-refractivity contribution is -0.0521. The molecule has 1 aromatic carbocycles. The fraction of sp³-hybridized carbons (Fsp3) is 0.600. The molecule has 0 aliphatic carbocycles. The van der Waals surface area contributed by atoms with Crippen LogP contribution in [0.3, 0.4) is 0 Å². The molecule has 1 rings (SSSR count). The summed E-state index contributed by atoms with van der Waals surface area (Å²) in [4.78, 5) is 0.